The Morgan fingerprint density at radius 2 is 1.88 bits per heavy atom. The van der Waals surface area contributed by atoms with Crippen LogP contribution >= 0.6 is 23.1 Å². The van der Waals surface area contributed by atoms with E-state index in [4.69, 9.17) is 0 Å². The summed E-state index contributed by atoms with van der Waals surface area (Å²) in [6.45, 7) is 5.00. The lowest BCUT2D eigenvalue weighted by atomic mass is 10.2. The van der Waals surface area contributed by atoms with Crippen LogP contribution in [0.3, 0.4) is 0 Å². The van der Waals surface area contributed by atoms with Crippen molar-refractivity contribution < 1.29 is 13.2 Å². The first-order chi connectivity index (χ1) is 15.9. The van der Waals surface area contributed by atoms with Crippen molar-refractivity contribution in [2.75, 3.05) is 44.3 Å². The van der Waals surface area contributed by atoms with Gasteiger partial charge in [0, 0.05) is 49.9 Å². The van der Waals surface area contributed by atoms with E-state index >= 15 is 0 Å². The van der Waals surface area contributed by atoms with E-state index in [1.54, 1.807) is 35.8 Å². The molecular weight excluding hydrogens is 482 g/mol. The van der Waals surface area contributed by atoms with Crippen LogP contribution in [-0.2, 0) is 21.4 Å². The van der Waals surface area contributed by atoms with Gasteiger partial charge in [-0.25, -0.2) is 13.4 Å². The number of hydrogen-bond acceptors (Lipinski definition) is 9. The van der Waals surface area contributed by atoms with Crippen molar-refractivity contribution in [3.8, 4) is 11.4 Å². The normalized spacial score (nSPS) is 15.6. The van der Waals surface area contributed by atoms with Gasteiger partial charge in [-0.15, -0.1) is 21.5 Å². The molecule has 1 aliphatic heterocycles. The van der Waals surface area contributed by atoms with Crippen LogP contribution in [0.5, 0.6) is 0 Å². The number of hydrogen-bond donors (Lipinski definition) is 1. The number of benzene rings is 1. The molecule has 1 saturated heterocycles. The summed E-state index contributed by atoms with van der Waals surface area (Å²) in [6.07, 6.45) is 1.63. The number of sulfonamides is 1. The monoisotopic (exact) mass is 507 g/mol. The third kappa shape index (κ3) is 5.44. The lowest BCUT2D eigenvalue weighted by molar-refractivity contribution is -0.113. The summed E-state index contributed by atoms with van der Waals surface area (Å²) in [4.78, 5) is 18.6. The minimum Gasteiger partial charge on any atom is -0.304 e. The van der Waals surface area contributed by atoms with Crippen molar-refractivity contribution in [2.45, 2.75) is 23.5 Å². The standard InChI is InChI=1S/C20H25N7O3S3/c1-3-27-18(23-24-20(27)32-14-17(28)22-19-21-8-13-31-19)15-4-6-16(7-5-15)33(29,30)26-11-9-25(2)10-12-26/h4-8,13H,3,9-12,14H2,1-2H3,(H,21,22,28). The molecular formula is C20H25N7O3S3. The zero-order valence-corrected chi connectivity index (χ0v) is 20.8. The molecule has 0 aliphatic carbocycles. The Balaban J connectivity index is 1.45. The molecule has 1 N–H and O–H groups in total. The molecule has 13 heteroatoms. The highest BCUT2D eigenvalue weighted by Gasteiger charge is 2.27. The first-order valence-electron chi connectivity index (χ1n) is 10.4. The van der Waals surface area contributed by atoms with Crippen LogP contribution in [0.15, 0.2) is 45.9 Å². The molecule has 0 spiro atoms. The number of carbonyl (C=O) groups excluding carboxylic acids is 1. The lowest BCUT2D eigenvalue weighted by Crippen LogP contribution is -2.46. The zero-order chi connectivity index (χ0) is 23.4. The maximum atomic E-state index is 13.0. The highest BCUT2D eigenvalue weighted by molar-refractivity contribution is 7.99. The second kappa shape index (κ2) is 10.3. The Bertz CT molecular complexity index is 1190. The fourth-order valence-electron chi connectivity index (χ4n) is 3.42. The average molecular weight is 508 g/mol. The van der Waals surface area contributed by atoms with Crippen molar-refractivity contribution in [1.29, 1.82) is 0 Å². The number of amides is 1. The van der Waals surface area contributed by atoms with E-state index in [1.807, 2.05) is 18.5 Å². The SMILES string of the molecule is CCn1c(SCC(=O)Nc2nccs2)nnc1-c1ccc(S(=O)(=O)N2CCN(C)CC2)cc1. The third-order valence-electron chi connectivity index (χ3n) is 5.26. The van der Waals surface area contributed by atoms with Crippen molar-refractivity contribution >= 4 is 44.2 Å². The number of anilines is 1. The van der Waals surface area contributed by atoms with Crippen LogP contribution in [0, 0.1) is 0 Å². The maximum Gasteiger partial charge on any atom is 0.243 e. The quantitative estimate of drug-likeness (QED) is 0.461. The van der Waals surface area contributed by atoms with Crippen LogP contribution in [0.1, 0.15) is 6.92 Å². The number of thiazole rings is 1. The van der Waals surface area contributed by atoms with Gasteiger partial charge in [-0.1, -0.05) is 11.8 Å². The van der Waals surface area contributed by atoms with E-state index in [-0.39, 0.29) is 16.6 Å². The summed E-state index contributed by atoms with van der Waals surface area (Å²) in [5.41, 5.74) is 0.765. The van der Waals surface area contributed by atoms with Crippen LogP contribution in [0.2, 0.25) is 0 Å². The molecule has 0 unspecified atom stereocenters. The van der Waals surface area contributed by atoms with Gasteiger partial charge >= 0.3 is 0 Å². The minimum absolute atomic E-state index is 0.166. The Labute approximate surface area is 201 Å². The summed E-state index contributed by atoms with van der Waals surface area (Å²) < 4.78 is 29.4. The van der Waals surface area contributed by atoms with E-state index in [9.17, 15) is 13.2 Å². The van der Waals surface area contributed by atoms with Gasteiger partial charge < -0.3 is 14.8 Å². The van der Waals surface area contributed by atoms with Crippen LogP contribution < -0.4 is 5.32 Å². The summed E-state index contributed by atoms with van der Waals surface area (Å²) in [7, 11) is -1.53. The smallest absolute Gasteiger partial charge is 0.243 e. The minimum atomic E-state index is -3.52. The molecule has 0 atom stereocenters. The molecule has 3 heterocycles. The number of thioether (sulfide) groups is 1. The van der Waals surface area contributed by atoms with Gasteiger partial charge in [-0.3, -0.25) is 4.79 Å². The summed E-state index contributed by atoms with van der Waals surface area (Å²) in [6, 6.07) is 6.74. The van der Waals surface area contributed by atoms with Crippen molar-refractivity contribution in [2.24, 2.45) is 0 Å². The Kier molecular flexibility index (Phi) is 7.44. The van der Waals surface area contributed by atoms with Gasteiger partial charge in [0.25, 0.3) is 0 Å². The first kappa shape index (κ1) is 23.8. The fraction of sp³-hybridized carbons (Fsp3) is 0.400. The van der Waals surface area contributed by atoms with E-state index in [2.05, 4.69) is 25.4 Å². The Morgan fingerprint density at radius 3 is 2.52 bits per heavy atom. The molecule has 3 aromatic rings. The molecule has 33 heavy (non-hydrogen) atoms. The molecule has 1 fully saturated rings. The molecule has 1 aromatic carbocycles. The molecule has 0 radical (unpaired) electrons. The number of rotatable bonds is 8. The van der Waals surface area contributed by atoms with E-state index < -0.39 is 10.0 Å². The number of likely N-dealkylation sites (N-methyl/N-ethyl adjacent to an activating group) is 1. The molecule has 2 aromatic heterocycles. The highest BCUT2D eigenvalue weighted by Crippen LogP contribution is 2.26. The largest absolute Gasteiger partial charge is 0.304 e. The average Bonchev–Trinajstić information content (AvgIpc) is 3.47. The van der Waals surface area contributed by atoms with Crippen LogP contribution in [0.4, 0.5) is 5.13 Å². The molecule has 1 aliphatic rings. The van der Waals surface area contributed by atoms with Gasteiger partial charge in [-0.2, -0.15) is 4.31 Å². The number of aromatic nitrogens is 4. The van der Waals surface area contributed by atoms with Gasteiger partial charge in [0.05, 0.1) is 10.6 Å². The van der Waals surface area contributed by atoms with E-state index in [0.717, 1.165) is 18.7 Å². The molecule has 0 saturated carbocycles. The van der Waals surface area contributed by atoms with E-state index in [1.165, 1.54) is 27.4 Å². The van der Waals surface area contributed by atoms with Gasteiger partial charge in [-0.05, 0) is 38.2 Å². The van der Waals surface area contributed by atoms with Crippen molar-refractivity contribution in [3.63, 3.8) is 0 Å². The van der Waals surface area contributed by atoms with Crippen molar-refractivity contribution in [3.05, 3.63) is 35.8 Å². The molecule has 4 rings (SSSR count). The molecule has 1 amide bonds. The zero-order valence-electron chi connectivity index (χ0n) is 18.3. The summed E-state index contributed by atoms with van der Waals surface area (Å²) >= 11 is 2.65. The highest BCUT2D eigenvalue weighted by atomic mass is 32.2. The topological polar surface area (TPSA) is 113 Å². The lowest BCUT2D eigenvalue weighted by Gasteiger charge is -2.31. The van der Waals surface area contributed by atoms with Gasteiger partial charge in [0.2, 0.25) is 15.9 Å². The van der Waals surface area contributed by atoms with Crippen molar-refractivity contribution in [1.82, 2.24) is 29.0 Å². The van der Waals surface area contributed by atoms with E-state index in [0.29, 0.717) is 35.7 Å². The summed E-state index contributed by atoms with van der Waals surface area (Å²) in [5, 5.41) is 14.2. The number of piperazine rings is 1. The second-order valence-electron chi connectivity index (χ2n) is 7.46. The number of carbonyl (C=O) groups is 1. The molecule has 176 valence electrons. The summed E-state index contributed by atoms with van der Waals surface area (Å²) in [5.74, 6) is 0.643. The Morgan fingerprint density at radius 1 is 1.15 bits per heavy atom. The van der Waals surface area contributed by atoms with Crippen LogP contribution in [0.25, 0.3) is 11.4 Å². The maximum absolute atomic E-state index is 13.0. The fourth-order valence-corrected chi connectivity index (χ4v) is 6.19. The molecule has 0 bridgehead atoms. The van der Waals surface area contributed by atoms with Gasteiger partial charge in [0.1, 0.15) is 0 Å². The Hall–Kier alpha value is -2.32. The predicted octanol–water partition coefficient (Wildman–Crippen LogP) is 2.09. The third-order valence-corrected chi connectivity index (χ3v) is 8.82. The first-order valence-corrected chi connectivity index (χ1v) is 13.7. The van der Waals surface area contributed by atoms with Crippen LogP contribution in [-0.4, -0.2) is 82.3 Å². The number of nitrogens with one attached hydrogen (secondary N) is 1. The second-order valence-corrected chi connectivity index (χ2v) is 11.2. The van der Waals surface area contributed by atoms with Gasteiger partial charge in [0.15, 0.2) is 16.1 Å². The number of nitrogens with zero attached hydrogens (tertiary/aromatic N) is 6. The molecule has 10 nitrogen and oxygen atoms in total. The predicted molar refractivity (Wildman–Crippen MR) is 129 cm³/mol.